The molecular formula is C22H24N4O3. The Morgan fingerprint density at radius 3 is 2.45 bits per heavy atom. The molecule has 3 rings (SSSR count). The molecular weight excluding hydrogens is 368 g/mol. The summed E-state index contributed by atoms with van der Waals surface area (Å²) in [5, 5.41) is 5.98. The van der Waals surface area contributed by atoms with Crippen molar-refractivity contribution in [2.75, 3.05) is 17.7 Å². The minimum Gasteiger partial charge on any atom is -0.497 e. The van der Waals surface area contributed by atoms with Crippen LogP contribution < -0.4 is 20.1 Å². The first kappa shape index (κ1) is 20.1. The Labute approximate surface area is 170 Å². The molecule has 0 unspecified atom stereocenters. The molecule has 0 atom stereocenters. The lowest BCUT2D eigenvalue weighted by molar-refractivity contribution is 0.102. The number of nitrogens with one attached hydrogen (secondary N) is 2. The molecule has 0 bridgehead atoms. The monoisotopic (exact) mass is 392 g/mol. The van der Waals surface area contributed by atoms with E-state index >= 15 is 0 Å². The molecule has 0 saturated heterocycles. The third-order valence-corrected chi connectivity index (χ3v) is 3.93. The summed E-state index contributed by atoms with van der Waals surface area (Å²) < 4.78 is 10.9. The van der Waals surface area contributed by atoms with Crippen molar-refractivity contribution < 1.29 is 14.3 Å². The number of aryl methyl sites for hydroxylation is 1. The number of hydrogen-bond donors (Lipinski definition) is 2. The molecule has 7 nitrogen and oxygen atoms in total. The lowest BCUT2D eigenvalue weighted by atomic mass is 10.2. The van der Waals surface area contributed by atoms with Gasteiger partial charge in [0.25, 0.3) is 5.91 Å². The molecule has 0 aliphatic heterocycles. The maximum Gasteiger partial charge on any atom is 0.274 e. The topological polar surface area (TPSA) is 85.4 Å². The summed E-state index contributed by atoms with van der Waals surface area (Å²) in [7, 11) is 1.59. The average Bonchev–Trinajstić information content (AvgIpc) is 2.69. The van der Waals surface area contributed by atoms with Gasteiger partial charge in [-0.05, 0) is 63.2 Å². The van der Waals surface area contributed by atoms with Crippen LogP contribution in [-0.2, 0) is 0 Å². The summed E-state index contributed by atoms with van der Waals surface area (Å²) in [5.41, 5.74) is 2.31. The van der Waals surface area contributed by atoms with Crippen molar-refractivity contribution in [1.82, 2.24) is 9.97 Å². The largest absolute Gasteiger partial charge is 0.497 e. The molecule has 0 radical (unpaired) electrons. The van der Waals surface area contributed by atoms with Crippen LogP contribution in [0.15, 0.2) is 54.6 Å². The lowest BCUT2D eigenvalue weighted by Crippen LogP contribution is -2.15. The highest BCUT2D eigenvalue weighted by molar-refractivity contribution is 6.03. The quantitative estimate of drug-likeness (QED) is 0.612. The van der Waals surface area contributed by atoms with Crippen LogP contribution in [0.5, 0.6) is 11.5 Å². The number of hydrogen-bond acceptors (Lipinski definition) is 6. The van der Waals surface area contributed by atoms with E-state index in [1.54, 1.807) is 37.4 Å². The number of anilines is 3. The van der Waals surface area contributed by atoms with E-state index in [1.165, 1.54) is 0 Å². The fourth-order valence-corrected chi connectivity index (χ4v) is 2.66. The van der Waals surface area contributed by atoms with Crippen molar-refractivity contribution in [3.63, 3.8) is 0 Å². The van der Waals surface area contributed by atoms with E-state index in [1.807, 2.05) is 45.0 Å². The number of rotatable bonds is 7. The van der Waals surface area contributed by atoms with Gasteiger partial charge < -0.3 is 20.1 Å². The second-order valence-electron chi connectivity index (χ2n) is 6.69. The van der Waals surface area contributed by atoms with Crippen LogP contribution in [0.2, 0.25) is 0 Å². The number of amides is 1. The Hall–Kier alpha value is -3.61. The van der Waals surface area contributed by atoms with Crippen molar-refractivity contribution in [3.8, 4) is 11.5 Å². The van der Waals surface area contributed by atoms with Crippen LogP contribution >= 0.6 is 0 Å². The van der Waals surface area contributed by atoms with Crippen molar-refractivity contribution in [2.24, 2.45) is 0 Å². The number of carbonyl (C=O) groups is 1. The normalized spacial score (nSPS) is 10.5. The van der Waals surface area contributed by atoms with E-state index in [-0.39, 0.29) is 17.7 Å². The van der Waals surface area contributed by atoms with E-state index in [9.17, 15) is 4.79 Å². The van der Waals surface area contributed by atoms with Gasteiger partial charge >= 0.3 is 0 Å². The molecule has 0 saturated carbocycles. The SMILES string of the molecule is COc1ccc(NC(=O)c2cc(C)nc(Nc3ccccc3OC(C)C)n2)cc1. The molecule has 29 heavy (non-hydrogen) atoms. The fraction of sp³-hybridized carbons (Fsp3) is 0.227. The van der Waals surface area contributed by atoms with E-state index in [4.69, 9.17) is 9.47 Å². The van der Waals surface area contributed by atoms with Crippen molar-refractivity contribution in [3.05, 3.63) is 66.0 Å². The van der Waals surface area contributed by atoms with Gasteiger partial charge in [-0.3, -0.25) is 4.79 Å². The summed E-state index contributed by atoms with van der Waals surface area (Å²) in [6.45, 7) is 5.73. The van der Waals surface area contributed by atoms with Crippen molar-refractivity contribution in [1.29, 1.82) is 0 Å². The first-order valence-electron chi connectivity index (χ1n) is 9.28. The zero-order valence-electron chi connectivity index (χ0n) is 16.9. The van der Waals surface area contributed by atoms with Gasteiger partial charge in [-0.2, -0.15) is 0 Å². The number of carbonyl (C=O) groups excluding carboxylic acids is 1. The standard InChI is InChI=1S/C22H24N4O3/c1-14(2)29-20-8-6-5-7-18(20)25-22-23-15(3)13-19(26-22)21(27)24-16-9-11-17(28-4)12-10-16/h5-14H,1-4H3,(H,24,27)(H,23,25,26). The Bertz CT molecular complexity index is 988. The Morgan fingerprint density at radius 2 is 1.76 bits per heavy atom. The number of para-hydroxylation sites is 2. The number of ether oxygens (including phenoxy) is 2. The molecule has 0 spiro atoms. The molecule has 2 aromatic carbocycles. The number of aromatic nitrogens is 2. The summed E-state index contributed by atoms with van der Waals surface area (Å²) in [6, 6.07) is 16.3. The van der Waals surface area contributed by atoms with Gasteiger partial charge in [0.1, 0.15) is 17.2 Å². The number of nitrogens with zero attached hydrogens (tertiary/aromatic N) is 2. The summed E-state index contributed by atoms with van der Waals surface area (Å²) in [6.07, 6.45) is 0.0298. The highest BCUT2D eigenvalue weighted by Crippen LogP contribution is 2.27. The molecule has 0 aliphatic rings. The first-order valence-corrected chi connectivity index (χ1v) is 9.28. The Balaban J connectivity index is 1.80. The minimum atomic E-state index is -0.324. The maximum absolute atomic E-state index is 12.7. The zero-order valence-corrected chi connectivity index (χ0v) is 16.9. The van der Waals surface area contributed by atoms with E-state index < -0.39 is 0 Å². The van der Waals surface area contributed by atoms with Gasteiger partial charge in [0.15, 0.2) is 0 Å². The van der Waals surface area contributed by atoms with Gasteiger partial charge in [-0.25, -0.2) is 9.97 Å². The van der Waals surface area contributed by atoms with E-state index in [0.29, 0.717) is 23.1 Å². The van der Waals surface area contributed by atoms with Crippen LogP contribution in [0, 0.1) is 6.92 Å². The van der Waals surface area contributed by atoms with E-state index in [0.717, 1.165) is 11.4 Å². The molecule has 2 N–H and O–H groups in total. The third-order valence-electron chi connectivity index (χ3n) is 3.93. The zero-order chi connectivity index (χ0) is 20.8. The van der Waals surface area contributed by atoms with Gasteiger partial charge in [0.2, 0.25) is 5.95 Å². The van der Waals surface area contributed by atoms with Crippen LogP contribution in [0.25, 0.3) is 0 Å². The minimum absolute atomic E-state index is 0.0298. The van der Waals surface area contributed by atoms with Crippen molar-refractivity contribution in [2.45, 2.75) is 26.9 Å². The van der Waals surface area contributed by atoms with Gasteiger partial charge in [0, 0.05) is 11.4 Å². The predicted molar refractivity (Wildman–Crippen MR) is 113 cm³/mol. The summed E-state index contributed by atoms with van der Waals surface area (Å²) in [4.78, 5) is 21.4. The Kier molecular flexibility index (Phi) is 6.29. The lowest BCUT2D eigenvalue weighted by Gasteiger charge is -2.15. The van der Waals surface area contributed by atoms with E-state index in [2.05, 4.69) is 20.6 Å². The van der Waals surface area contributed by atoms with Crippen LogP contribution in [-0.4, -0.2) is 29.1 Å². The molecule has 0 aliphatic carbocycles. The maximum atomic E-state index is 12.7. The van der Waals surface area contributed by atoms with Gasteiger partial charge in [-0.1, -0.05) is 12.1 Å². The highest BCUT2D eigenvalue weighted by atomic mass is 16.5. The predicted octanol–water partition coefficient (Wildman–Crippen LogP) is 4.58. The second-order valence-corrected chi connectivity index (χ2v) is 6.69. The number of methoxy groups -OCH3 is 1. The third kappa shape index (κ3) is 5.44. The smallest absolute Gasteiger partial charge is 0.274 e. The molecule has 7 heteroatoms. The summed E-state index contributed by atoms with van der Waals surface area (Å²) in [5.74, 6) is 1.41. The summed E-state index contributed by atoms with van der Waals surface area (Å²) >= 11 is 0. The fourth-order valence-electron chi connectivity index (χ4n) is 2.66. The van der Waals surface area contributed by atoms with Crippen molar-refractivity contribution >= 4 is 23.2 Å². The molecule has 150 valence electrons. The number of benzene rings is 2. The second kappa shape index (κ2) is 9.05. The van der Waals surface area contributed by atoms with Crippen LogP contribution in [0.3, 0.4) is 0 Å². The van der Waals surface area contributed by atoms with Crippen LogP contribution in [0.4, 0.5) is 17.3 Å². The molecule has 1 heterocycles. The first-order chi connectivity index (χ1) is 13.9. The molecule has 3 aromatic rings. The Morgan fingerprint density at radius 1 is 1.03 bits per heavy atom. The molecule has 1 aromatic heterocycles. The molecule has 1 amide bonds. The van der Waals surface area contributed by atoms with Gasteiger partial charge in [-0.15, -0.1) is 0 Å². The molecule has 0 fully saturated rings. The highest BCUT2D eigenvalue weighted by Gasteiger charge is 2.13. The average molecular weight is 392 g/mol. The van der Waals surface area contributed by atoms with Crippen LogP contribution in [0.1, 0.15) is 30.0 Å². The van der Waals surface area contributed by atoms with Gasteiger partial charge in [0.05, 0.1) is 18.9 Å².